The zero-order valence-electron chi connectivity index (χ0n) is 27.3. The van der Waals surface area contributed by atoms with Gasteiger partial charge in [-0.1, -0.05) is 70.2 Å². The molecule has 0 atom stereocenters. The first-order chi connectivity index (χ1) is 22.5. The minimum Gasteiger partial charge on any atom is -0.450 e. The Balaban J connectivity index is 1.47. The Labute approximate surface area is 277 Å². The molecule has 250 valence electrons. The second kappa shape index (κ2) is 12.1. The first kappa shape index (κ1) is 33.2. The van der Waals surface area contributed by atoms with Crippen LogP contribution in [0.4, 0.5) is 18.9 Å². The second-order valence-corrected chi connectivity index (χ2v) is 14.5. The van der Waals surface area contributed by atoms with Crippen LogP contribution in [0, 0.1) is 20.9 Å². The van der Waals surface area contributed by atoms with E-state index in [0.717, 1.165) is 35.5 Å². The van der Waals surface area contributed by atoms with Crippen LogP contribution in [0.25, 0.3) is 0 Å². The van der Waals surface area contributed by atoms with Crippen molar-refractivity contribution in [3.63, 3.8) is 0 Å². The molecule has 0 bridgehead atoms. The van der Waals surface area contributed by atoms with Gasteiger partial charge in [0.2, 0.25) is 5.75 Å². The van der Waals surface area contributed by atoms with Gasteiger partial charge in [-0.3, -0.25) is 19.7 Å². The highest BCUT2D eigenvalue weighted by Crippen LogP contribution is 2.54. The van der Waals surface area contributed by atoms with E-state index in [4.69, 9.17) is 4.74 Å². The van der Waals surface area contributed by atoms with Crippen molar-refractivity contribution in [1.82, 2.24) is 4.90 Å². The number of carbonyl (C=O) groups is 2. The number of halogens is 3. The molecule has 3 aliphatic rings. The average molecular weight is 659 g/mol. The van der Waals surface area contributed by atoms with Crippen molar-refractivity contribution in [2.24, 2.45) is 10.8 Å². The summed E-state index contributed by atoms with van der Waals surface area (Å²) >= 11 is 0. The van der Waals surface area contributed by atoms with Crippen LogP contribution >= 0.6 is 0 Å². The van der Waals surface area contributed by atoms with Gasteiger partial charge in [0.15, 0.2) is 11.6 Å². The number of benzene rings is 3. The number of hydrogen-bond donors (Lipinski definition) is 0. The summed E-state index contributed by atoms with van der Waals surface area (Å²) in [5.74, 6) is -0.971. The van der Waals surface area contributed by atoms with Crippen LogP contribution in [-0.4, -0.2) is 27.9 Å². The Kier molecular flexibility index (Phi) is 8.34. The number of allylic oxidation sites excluding steroid dienone is 4. The fourth-order valence-electron chi connectivity index (χ4n) is 7.34. The number of ketones is 2. The third kappa shape index (κ3) is 6.53. The Morgan fingerprint density at radius 2 is 1.44 bits per heavy atom. The average Bonchev–Trinajstić information content (AvgIpc) is 2.98. The first-order valence-corrected chi connectivity index (χ1v) is 16.0. The molecular formula is C38H37F3N2O5. The van der Waals surface area contributed by atoms with Gasteiger partial charge in [0, 0.05) is 53.9 Å². The molecule has 0 radical (unpaired) electrons. The molecule has 0 unspecified atom stereocenters. The number of nitro groups is 1. The summed E-state index contributed by atoms with van der Waals surface area (Å²) in [6, 6.07) is 18.8. The molecule has 0 saturated heterocycles. The van der Waals surface area contributed by atoms with Crippen molar-refractivity contribution < 1.29 is 32.4 Å². The molecule has 7 nitrogen and oxygen atoms in total. The van der Waals surface area contributed by atoms with Gasteiger partial charge < -0.3 is 9.64 Å². The molecule has 0 spiro atoms. The number of nitro benzene ring substituents is 1. The summed E-state index contributed by atoms with van der Waals surface area (Å²) in [4.78, 5) is 41.3. The maximum absolute atomic E-state index is 14.1. The van der Waals surface area contributed by atoms with Crippen molar-refractivity contribution in [2.75, 3.05) is 6.54 Å². The maximum Gasteiger partial charge on any atom is 0.416 e. The molecule has 10 heteroatoms. The molecule has 48 heavy (non-hydrogen) atoms. The van der Waals surface area contributed by atoms with Gasteiger partial charge in [-0.25, -0.2) is 0 Å². The van der Waals surface area contributed by atoms with E-state index in [0.29, 0.717) is 55.0 Å². The highest BCUT2D eigenvalue weighted by atomic mass is 19.4. The Hall–Kier alpha value is -4.73. The number of rotatable bonds is 7. The number of carbonyl (C=O) groups excluding carboxylic acids is 2. The van der Waals surface area contributed by atoms with Gasteiger partial charge >= 0.3 is 11.9 Å². The van der Waals surface area contributed by atoms with E-state index in [1.165, 1.54) is 0 Å². The molecule has 2 aliphatic carbocycles. The van der Waals surface area contributed by atoms with Crippen molar-refractivity contribution in [3.8, 4) is 11.5 Å². The Bertz CT molecular complexity index is 1820. The standard InChI is InChI=1S/C38H37F3N2O5/c1-36(2)19-28-34(30(44)21-36)33(35-29(20-37(3,4)22-31(35)45)42(28)16-15-23-9-6-5-7-10-23)24-11-8-12-26(17-24)48-32-14-13-25(38(39,40)41)18-27(32)43(46)47/h5-14,17-18,33H,15-16,19-22H2,1-4H3. The van der Waals surface area contributed by atoms with Gasteiger partial charge in [-0.2, -0.15) is 13.2 Å². The zero-order chi connectivity index (χ0) is 34.6. The molecular weight excluding hydrogens is 621 g/mol. The predicted octanol–water partition coefficient (Wildman–Crippen LogP) is 9.33. The van der Waals surface area contributed by atoms with E-state index in [9.17, 15) is 32.9 Å². The SMILES string of the molecule is CC1(C)CC(=O)C2=C(C1)N(CCc1ccccc1)C1=C(C(=O)CC(C)(C)C1)C2c1cccc(Oc2ccc(C(F)(F)F)cc2[N+](=O)[O-])c1. The third-order valence-corrected chi connectivity index (χ3v) is 9.39. The summed E-state index contributed by atoms with van der Waals surface area (Å²) in [5.41, 5.74) is 2.13. The number of ether oxygens (including phenoxy) is 1. The molecule has 0 aromatic heterocycles. The molecule has 1 heterocycles. The minimum absolute atomic E-state index is 0.0372. The number of hydrogen-bond acceptors (Lipinski definition) is 6. The topological polar surface area (TPSA) is 89.8 Å². The van der Waals surface area contributed by atoms with E-state index in [2.05, 4.69) is 44.7 Å². The Morgan fingerprint density at radius 1 is 0.833 bits per heavy atom. The Morgan fingerprint density at radius 3 is 2.00 bits per heavy atom. The summed E-state index contributed by atoms with van der Waals surface area (Å²) in [5, 5.41) is 11.7. The van der Waals surface area contributed by atoms with Crippen molar-refractivity contribution in [1.29, 1.82) is 0 Å². The van der Waals surface area contributed by atoms with Crippen LogP contribution in [0.15, 0.2) is 95.3 Å². The second-order valence-electron chi connectivity index (χ2n) is 14.5. The lowest BCUT2D eigenvalue weighted by Gasteiger charge is -2.49. The smallest absolute Gasteiger partial charge is 0.416 e. The predicted molar refractivity (Wildman–Crippen MR) is 174 cm³/mol. The van der Waals surface area contributed by atoms with Crippen LogP contribution in [-0.2, 0) is 22.2 Å². The number of nitrogens with zero attached hydrogens (tertiary/aromatic N) is 2. The van der Waals surface area contributed by atoms with Gasteiger partial charge in [-0.05, 0) is 65.5 Å². The molecule has 0 fully saturated rings. The number of alkyl halides is 3. The van der Waals surface area contributed by atoms with Crippen LogP contribution in [0.1, 0.15) is 76.0 Å². The fraction of sp³-hybridized carbons (Fsp3) is 0.368. The molecule has 3 aromatic carbocycles. The quantitative estimate of drug-likeness (QED) is 0.186. The van der Waals surface area contributed by atoms with E-state index < -0.39 is 28.3 Å². The van der Waals surface area contributed by atoms with Gasteiger partial charge in [0.25, 0.3) is 0 Å². The largest absolute Gasteiger partial charge is 0.450 e. The van der Waals surface area contributed by atoms with Crippen LogP contribution < -0.4 is 4.74 Å². The van der Waals surface area contributed by atoms with E-state index in [-0.39, 0.29) is 33.9 Å². The van der Waals surface area contributed by atoms with Crippen molar-refractivity contribution >= 4 is 17.3 Å². The van der Waals surface area contributed by atoms with Crippen LogP contribution in [0.2, 0.25) is 0 Å². The van der Waals surface area contributed by atoms with Crippen molar-refractivity contribution in [3.05, 3.63) is 122 Å². The van der Waals surface area contributed by atoms with Crippen LogP contribution in [0.3, 0.4) is 0 Å². The van der Waals surface area contributed by atoms with E-state index in [1.54, 1.807) is 24.3 Å². The molecule has 6 rings (SSSR count). The normalized spacial score (nSPS) is 19.3. The zero-order valence-corrected chi connectivity index (χ0v) is 27.3. The lowest BCUT2D eigenvalue weighted by atomic mass is 9.63. The highest BCUT2D eigenvalue weighted by molar-refractivity contribution is 6.06. The molecule has 0 N–H and O–H groups in total. The van der Waals surface area contributed by atoms with E-state index in [1.807, 2.05) is 18.2 Å². The van der Waals surface area contributed by atoms with Crippen molar-refractivity contribution in [2.45, 2.75) is 71.9 Å². The minimum atomic E-state index is -4.77. The molecule has 0 saturated carbocycles. The third-order valence-electron chi connectivity index (χ3n) is 9.39. The number of Topliss-reactive ketones (excluding diaryl/α,β-unsaturated/α-hetero) is 2. The van der Waals surface area contributed by atoms with Gasteiger partial charge in [0.1, 0.15) is 5.75 Å². The lowest BCUT2D eigenvalue weighted by molar-refractivity contribution is -0.385. The fourth-order valence-corrected chi connectivity index (χ4v) is 7.34. The highest BCUT2D eigenvalue weighted by Gasteiger charge is 2.49. The summed E-state index contributed by atoms with van der Waals surface area (Å²) in [7, 11) is 0. The molecule has 3 aromatic rings. The summed E-state index contributed by atoms with van der Waals surface area (Å²) in [6.07, 6.45) is -2.15. The van der Waals surface area contributed by atoms with Gasteiger partial charge in [0.05, 0.1) is 10.5 Å². The lowest BCUT2D eigenvalue weighted by Crippen LogP contribution is -2.45. The van der Waals surface area contributed by atoms with E-state index >= 15 is 0 Å². The monoisotopic (exact) mass is 658 g/mol. The summed E-state index contributed by atoms with van der Waals surface area (Å²) < 4.78 is 45.8. The van der Waals surface area contributed by atoms with Crippen LogP contribution in [0.5, 0.6) is 11.5 Å². The summed E-state index contributed by atoms with van der Waals surface area (Å²) in [6.45, 7) is 8.89. The maximum atomic E-state index is 14.1. The van der Waals surface area contributed by atoms with Gasteiger partial charge in [-0.15, -0.1) is 0 Å². The molecule has 1 aliphatic heterocycles. The molecule has 0 amide bonds. The first-order valence-electron chi connectivity index (χ1n) is 16.0.